The summed E-state index contributed by atoms with van der Waals surface area (Å²) in [5.41, 5.74) is 12.8. The first kappa shape index (κ1) is 13.7. The highest BCUT2D eigenvalue weighted by atomic mass is 35.5. The Labute approximate surface area is 124 Å². The maximum atomic E-state index is 11.2. The molecular formula is C15H20ClN3O. The van der Waals surface area contributed by atoms with Gasteiger partial charge >= 0.3 is 0 Å². The Hall–Kier alpha value is -1.26. The molecule has 2 aliphatic rings. The van der Waals surface area contributed by atoms with E-state index in [4.69, 9.17) is 23.1 Å². The molecule has 1 aliphatic heterocycles. The topological polar surface area (TPSA) is 72.4 Å². The van der Waals surface area contributed by atoms with Crippen molar-refractivity contribution in [2.75, 3.05) is 18.0 Å². The van der Waals surface area contributed by atoms with Gasteiger partial charge in [-0.1, -0.05) is 11.6 Å². The molecule has 1 saturated heterocycles. The average molecular weight is 294 g/mol. The quantitative estimate of drug-likeness (QED) is 0.876. The standard InChI is InChI=1S/C15H20ClN3O/c16-13-6-9(15(18)20)2-4-14(13)19-7-10-1-3-12(17)5-11(10)8-19/h2,4,6,10-12H,1,3,5,7-8,17H2,(H2,18,20)/t10-,11+,12?/m1/s1. The molecule has 3 rings (SSSR count). The summed E-state index contributed by atoms with van der Waals surface area (Å²) < 4.78 is 0. The number of carbonyl (C=O) groups is 1. The summed E-state index contributed by atoms with van der Waals surface area (Å²) in [6.07, 6.45) is 3.45. The Morgan fingerprint density at radius 3 is 2.70 bits per heavy atom. The van der Waals surface area contributed by atoms with Gasteiger partial charge < -0.3 is 16.4 Å². The zero-order chi connectivity index (χ0) is 14.3. The molecule has 20 heavy (non-hydrogen) atoms. The second kappa shape index (κ2) is 5.26. The number of rotatable bonds is 2. The van der Waals surface area contributed by atoms with Crippen molar-refractivity contribution in [1.29, 1.82) is 0 Å². The Kier molecular flexibility index (Phi) is 3.61. The summed E-state index contributed by atoms with van der Waals surface area (Å²) in [6, 6.07) is 5.66. The molecule has 1 aromatic rings. The predicted molar refractivity (Wildman–Crippen MR) is 81.0 cm³/mol. The van der Waals surface area contributed by atoms with Gasteiger partial charge in [-0.15, -0.1) is 0 Å². The highest BCUT2D eigenvalue weighted by Crippen LogP contribution is 2.39. The summed E-state index contributed by atoms with van der Waals surface area (Å²) in [5.74, 6) is 0.951. The smallest absolute Gasteiger partial charge is 0.248 e. The van der Waals surface area contributed by atoms with Gasteiger partial charge in [-0.3, -0.25) is 4.79 Å². The minimum absolute atomic E-state index is 0.351. The van der Waals surface area contributed by atoms with Crippen LogP contribution in [0.1, 0.15) is 29.6 Å². The number of nitrogens with two attached hydrogens (primary N) is 2. The molecule has 4 nitrogen and oxygen atoms in total. The third-order valence-electron chi connectivity index (χ3n) is 4.66. The van der Waals surface area contributed by atoms with Gasteiger partial charge in [0, 0.05) is 24.7 Å². The van der Waals surface area contributed by atoms with Gasteiger partial charge in [-0.25, -0.2) is 0 Å². The third-order valence-corrected chi connectivity index (χ3v) is 4.97. The summed E-state index contributed by atoms with van der Waals surface area (Å²) >= 11 is 6.31. The van der Waals surface area contributed by atoms with E-state index in [1.165, 1.54) is 6.42 Å². The van der Waals surface area contributed by atoms with Crippen LogP contribution in [0.25, 0.3) is 0 Å². The number of hydrogen-bond acceptors (Lipinski definition) is 3. The highest BCUT2D eigenvalue weighted by molar-refractivity contribution is 6.33. The Morgan fingerprint density at radius 2 is 2.00 bits per heavy atom. The molecule has 1 heterocycles. The van der Waals surface area contributed by atoms with E-state index in [0.717, 1.165) is 37.5 Å². The van der Waals surface area contributed by atoms with E-state index in [9.17, 15) is 4.79 Å². The van der Waals surface area contributed by atoms with Crippen LogP contribution in [-0.4, -0.2) is 25.0 Å². The molecule has 0 radical (unpaired) electrons. The normalized spacial score (nSPS) is 29.3. The van der Waals surface area contributed by atoms with Gasteiger partial charge in [0.05, 0.1) is 10.7 Å². The van der Waals surface area contributed by atoms with Crippen LogP contribution in [0, 0.1) is 11.8 Å². The summed E-state index contributed by atoms with van der Waals surface area (Å²) in [7, 11) is 0. The number of anilines is 1. The minimum atomic E-state index is -0.445. The minimum Gasteiger partial charge on any atom is -0.370 e. The Balaban J connectivity index is 1.79. The molecule has 1 amide bonds. The lowest BCUT2D eigenvalue weighted by atomic mass is 9.79. The molecule has 0 bridgehead atoms. The predicted octanol–water partition coefficient (Wildman–Crippen LogP) is 2.00. The molecule has 4 N–H and O–H groups in total. The molecule has 1 aromatic carbocycles. The molecule has 5 heteroatoms. The van der Waals surface area contributed by atoms with Gasteiger partial charge in [-0.2, -0.15) is 0 Å². The zero-order valence-electron chi connectivity index (χ0n) is 11.4. The molecule has 1 saturated carbocycles. The van der Waals surface area contributed by atoms with E-state index < -0.39 is 5.91 Å². The van der Waals surface area contributed by atoms with Crippen LogP contribution < -0.4 is 16.4 Å². The van der Waals surface area contributed by atoms with Crippen LogP contribution >= 0.6 is 11.6 Å². The molecular weight excluding hydrogens is 274 g/mol. The number of primary amides is 1. The Morgan fingerprint density at radius 1 is 1.25 bits per heavy atom. The van der Waals surface area contributed by atoms with Gasteiger partial charge in [0.1, 0.15) is 0 Å². The van der Waals surface area contributed by atoms with Crippen molar-refractivity contribution in [2.45, 2.75) is 25.3 Å². The van der Waals surface area contributed by atoms with Crippen molar-refractivity contribution in [3.8, 4) is 0 Å². The molecule has 1 aliphatic carbocycles. The number of benzene rings is 1. The van der Waals surface area contributed by atoms with Crippen molar-refractivity contribution >= 4 is 23.2 Å². The first-order valence-electron chi connectivity index (χ1n) is 7.14. The fourth-order valence-corrected chi connectivity index (χ4v) is 3.88. The van der Waals surface area contributed by atoms with E-state index in [0.29, 0.717) is 22.5 Å². The van der Waals surface area contributed by atoms with Gasteiger partial charge in [0.2, 0.25) is 5.91 Å². The first-order chi connectivity index (χ1) is 9.54. The molecule has 108 valence electrons. The van der Waals surface area contributed by atoms with Crippen LogP contribution in [0.5, 0.6) is 0 Å². The van der Waals surface area contributed by atoms with Crippen LogP contribution in [0.3, 0.4) is 0 Å². The maximum Gasteiger partial charge on any atom is 0.248 e. The Bertz CT molecular complexity index is 534. The second-order valence-electron chi connectivity index (χ2n) is 6.03. The molecule has 2 fully saturated rings. The van der Waals surface area contributed by atoms with Gasteiger partial charge in [0.25, 0.3) is 0 Å². The van der Waals surface area contributed by atoms with Crippen LogP contribution in [0.15, 0.2) is 18.2 Å². The first-order valence-corrected chi connectivity index (χ1v) is 7.52. The number of amides is 1. The van der Waals surface area contributed by atoms with Gasteiger partial charge in [-0.05, 0) is 49.3 Å². The summed E-state index contributed by atoms with van der Waals surface area (Å²) in [4.78, 5) is 13.5. The van der Waals surface area contributed by atoms with E-state index in [-0.39, 0.29) is 0 Å². The second-order valence-corrected chi connectivity index (χ2v) is 6.44. The summed E-state index contributed by atoms with van der Waals surface area (Å²) in [5, 5.41) is 0.601. The van der Waals surface area contributed by atoms with Crippen molar-refractivity contribution in [3.05, 3.63) is 28.8 Å². The van der Waals surface area contributed by atoms with E-state index in [1.807, 2.05) is 6.07 Å². The van der Waals surface area contributed by atoms with Crippen molar-refractivity contribution in [3.63, 3.8) is 0 Å². The van der Waals surface area contributed by atoms with Crippen LogP contribution in [0.4, 0.5) is 5.69 Å². The molecule has 1 unspecified atom stereocenters. The number of halogens is 1. The lowest BCUT2D eigenvalue weighted by Crippen LogP contribution is -2.32. The lowest BCUT2D eigenvalue weighted by molar-refractivity contribution is 0.100. The number of fused-ring (bicyclic) bond motifs is 1. The van der Waals surface area contributed by atoms with Crippen molar-refractivity contribution < 1.29 is 4.79 Å². The number of nitrogens with zero attached hydrogens (tertiary/aromatic N) is 1. The molecule has 3 atom stereocenters. The number of hydrogen-bond donors (Lipinski definition) is 2. The maximum absolute atomic E-state index is 11.2. The molecule has 0 aromatic heterocycles. The lowest BCUT2D eigenvalue weighted by Gasteiger charge is -2.27. The van der Waals surface area contributed by atoms with Crippen molar-refractivity contribution in [2.24, 2.45) is 23.3 Å². The van der Waals surface area contributed by atoms with Gasteiger partial charge in [0.15, 0.2) is 0 Å². The zero-order valence-corrected chi connectivity index (χ0v) is 12.1. The fourth-order valence-electron chi connectivity index (χ4n) is 3.58. The fraction of sp³-hybridized carbons (Fsp3) is 0.533. The average Bonchev–Trinajstić information content (AvgIpc) is 2.80. The monoisotopic (exact) mass is 293 g/mol. The van der Waals surface area contributed by atoms with E-state index in [2.05, 4.69) is 4.90 Å². The third kappa shape index (κ3) is 2.50. The van der Waals surface area contributed by atoms with E-state index >= 15 is 0 Å². The van der Waals surface area contributed by atoms with Crippen molar-refractivity contribution in [1.82, 2.24) is 0 Å². The van der Waals surface area contributed by atoms with Crippen LogP contribution in [0.2, 0.25) is 5.02 Å². The van der Waals surface area contributed by atoms with Crippen LogP contribution in [-0.2, 0) is 0 Å². The highest BCUT2D eigenvalue weighted by Gasteiger charge is 2.37. The summed E-state index contributed by atoms with van der Waals surface area (Å²) in [6.45, 7) is 2.04. The largest absolute Gasteiger partial charge is 0.370 e. The SMILES string of the molecule is NC(=O)c1ccc(N2C[C@H]3CCC(N)C[C@H]3C2)c(Cl)c1. The molecule has 0 spiro atoms. The number of carbonyl (C=O) groups excluding carboxylic acids is 1. The van der Waals surface area contributed by atoms with E-state index in [1.54, 1.807) is 12.1 Å².